The first-order valence-electron chi connectivity index (χ1n) is 7.17. The predicted octanol–water partition coefficient (Wildman–Crippen LogP) is 4.22. The fourth-order valence-corrected chi connectivity index (χ4v) is 2.36. The van der Waals surface area contributed by atoms with Crippen molar-refractivity contribution in [3.8, 4) is 0 Å². The van der Waals surface area contributed by atoms with Crippen LogP contribution in [0.4, 0.5) is 11.4 Å². The van der Waals surface area contributed by atoms with Crippen LogP contribution in [-0.2, 0) is 9.53 Å². The van der Waals surface area contributed by atoms with Gasteiger partial charge in [0.25, 0.3) is 0 Å². The van der Waals surface area contributed by atoms with Gasteiger partial charge in [-0.2, -0.15) is 0 Å². The van der Waals surface area contributed by atoms with E-state index in [1.165, 1.54) is 7.11 Å². The lowest BCUT2D eigenvalue weighted by Crippen LogP contribution is -2.16. The molecule has 0 bridgehead atoms. The molecule has 2 aromatic rings. The van der Waals surface area contributed by atoms with Crippen LogP contribution in [0.2, 0.25) is 10.0 Å². The molecule has 2 rings (SSSR count). The lowest BCUT2D eigenvalue weighted by atomic mass is 10.2. The van der Waals surface area contributed by atoms with Crippen LogP contribution in [0.5, 0.6) is 0 Å². The zero-order valence-electron chi connectivity index (χ0n) is 12.9. The van der Waals surface area contributed by atoms with Gasteiger partial charge >= 0.3 is 5.97 Å². The molecule has 0 atom stereocenters. The fourth-order valence-electron chi connectivity index (χ4n) is 2.01. The van der Waals surface area contributed by atoms with E-state index in [2.05, 4.69) is 15.4 Å². The zero-order valence-corrected chi connectivity index (χ0v) is 14.4. The van der Waals surface area contributed by atoms with Crippen LogP contribution in [0.25, 0.3) is 0 Å². The molecule has 0 saturated carbocycles. The topological polar surface area (TPSA) is 67.4 Å². The summed E-state index contributed by atoms with van der Waals surface area (Å²) in [6.45, 7) is 0.397. The number of methoxy groups -OCH3 is 1. The Labute approximate surface area is 149 Å². The van der Waals surface area contributed by atoms with Crippen LogP contribution >= 0.6 is 23.2 Å². The van der Waals surface area contributed by atoms with Crippen molar-refractivity contribution in [2.24, 2.45) is 0 Å². The van der Waals surface area contributed by atoms with E-state index in [1.807, 2.05) is 0 Å². The van der Waals surface area contributed by atoms with Crippen molar-refractivity contribution in [2.75, 3.05) is 24.3 Å². The van der Waals surface area contributed by atoms with E-state index in [0.717, 1.165) is 5.69 Å². The Bertz CT molecular complexity index is 750. The van der Waals surface area contributed by atoms with Gasteiger partial charge in [0.1, 0.15) is 0 Å². The van der Waals surface area contributed by atoms with E-state index < -0.39 is 5.97 Å². The number of hydrogen-bond acceptors (Lipinski definition) is 4. The van der Waals surface area contributed by atoms with Crippen LogP contribution in [0.3, 0.4) is 0 Å². The number of carbonyl (C=O) groups is 2. The number of amides is 1. The standard InChI is InChI=1S/C17H16Cl2N2O3/c1-24-17(23)11-4-2-5-12(10-11)20-9-8-15(22)21-14-7-3-6-13(18)16(14)19/h2-7,10,20H,8-9H2,1H3,(H,21,22). The van der Waals surface area contributed by atoms with E-state index in [9.17, 15) is 9.59 Å². The van der Waals surface area contributed by atoms with Crippen molar-refractivity contribution in [1.29, 1.82) is 0 Å². The molecule has 0 aliphatic heterocycles. The highest BCUT2D eigenvalue weighted by Crippen LogP contribution is 2.29. The van der Waals surface area contributed by atoms with Crippen molar-refractivity contribution in [2.45, 2.75) is 6.42 Å². The van der Waals surface area contributed by atoms with E-state index in [1.54, 1.807) is 42.5 Å². The van der Waals surface area contributed by atoms with Gasteiger partial charge in [-0.05, 0) is 30.3 Å². The number of esters is 1. The molecule has 2 N–H and O–H groups in total. The summed E-state index contributed by atoms with van der Waals surface area (Å²) in [7, 11) is 1.33. The average molecular weight is 367 g/mol. The molecule has 0 aromatic heterocycles. The number of halogens is 2. The molecule has 5 nitrogen and oxygen atoms in total. The van der Waals surface area contributed by atoms with Crippen LogP contribution in [0, 0.1) is 0 Å². The lowest BCUT2D eigenvalue weighted by molar-refractivity contribution is -0.115. The largest absolute Gasteiger partial charge is 0.465 e. The van der Waals surface area contributed by atoms with Gasteiger partial charge in [0.2, 0.25) is 5.91 Å². The summed E-state index contributed by atoms with van der Waals surface area (Å²) in [5.41, 5.74) is 1.64. The number of nitrogens with one attached hydrogen (secondary N) is 2. The fraction of sp³-hybridized carbons (Fsp3) is 0.176. The van der Waals surface area contributed by atoms with Gasteiger partial charge in [-0.25, -0.2) is 4.79 Å². The molecule has 24 heavy (non-hydrogen) atoms. The van der Waals surface area contributed by atoms with Gasteiger partial charge in [0.05, 0.1) is 28.4 Å². The molecule has 0 radical (unpaired) electrons. The Morgan fingerprint density at radius 2 is 1.88 bits per heavy atom. The second kappa shape index (κ2) is 8.57. The van der Waals surface area contributed by atoms with Gasteiger partial charge in [-0.15, -0.1) is 0 Å². The number of ether oxygens (including phenoxy) is 1. The van der Waals surface area contributed by atoms with Crippen LogP contribution < -0.4 is 10.6 Å². The second-order valence-electron chi connectivity index (χ2n) is 4.90. The van der Waals surface area contributed by atoms with Gasteiger partial charge in [0, 0.05) is 18.7 Å². The molecule has 0 saturated heterocycles. The highest BCUT2D eigenvalue weighted by atomic mass is 35.5. The third kappa shape index (κ3) is 4.88. The first-order chi connectivity index (χ1) is 11.5. The first-order valence-corrected chi connectivity index (χ1v) is 7.93. The quantitative estimate of drug-likeness (QED) is 0.751. The predicted molar refractivity (Wildman–Crippen MR) is 96.0 cm³/mol. The van der Waals surface area contributed by atoms with E-state index in [4.69, 9.17) is 23.2 Å². The van der Waals surface area contributed by atoms with Gasteiger partial charge in [-0.1, -0.05) is 35.3 Å². The van der Waals surface area contributed by atoms with Crippen molar-refractivity contribution in [3.05, 3.63) is 58.1 Å². The molecule has 1 amide bonds. The normalized spacial score (nSPS) is 10.1. The average Bonchev–Trinajstić information content (AvgIpc) is 2.58. The minimum absolute atomic E-state index is 0.198. The number of benzene rings is 2. The van der Waals surface area contributed by atoms with Crippen LogP contribution in [-0.4, -0.2) is 25.5 Å². The zero-order chi connectivity index (χ0) is 17.5. The maximum atomic E-state index is 12.0. The summed E-state index contributed by atoms with van der Waals surface area (Å²) in [4.78, 5) is 23.4. The van der Waals surface area contributed by atoms with Crippen molar-refractivity contribution >= 4 is 46.5 Å². The van der Waals surface area contributed by atoms with Crippen LogP contribution in [0.15, 0.2) is 42.5 Å². The third-order valence-electron chi connectivity index (χ3n) is 3.19. The van der Waals surface area contributed by atoms with Crippen molar-refractivity contribution in [3.63, 3.8) is 0 Å². The molecule has 0 unspecified atom stereocenters. The van der Waals surface area contributed by atoms with Gasteiger partial charge in [-0.3, -0.25) is 4.79 Å². The number of hydrogen-bond donors (Lipinski definition) is 2. The first kappa shape index (κ1) is 18.1. The molecule has 0 heterocycles. The van der Waals surface area contributed by atoms with Crippen molar-refractivity contribution < 1.29 is 14.3 Å². The molecule has 0 spiro atoms. The minimum atomic E-state index is -0.410. The molecule has 0 aliphatic rings. The molecule has 7 heteroatoms. The Morgan fingerprint density at radius 1 is 1.12 bits per heavy atom. The minimum Gasteiger partial charge on any atom is -0.465 e. The summed E-state index contributed by atoms with van der Waals surface area (Å²) < 4.78 is 4.67. The lowest BCUT2D eigenvalue weighted by Gasteiger charge is -2.10. The van der Waals surface area contributed by atoms with E-state index >= 15 is 0 Å². The highest BCUT2D eigenvalue weighted by Gasteiger charge is 2.09. The number of anilines is 2. The Balaban J connectivity index is 1.87. The number of rotatable bonds is 6. The molecule has 0 fully saturated rings. The molecular formula is C17H16Cl2N2O3. The summed E-state index contributed by atoms with van der Waals surface area (Å²) in [5.74, 6) is -0.609. The number of carbonyl (C=O) groups excluding carboxylic acids is 2. The summed E-state index contributed by atoms with van der Waals surface area (Å²) in [6.07, 6.45) is 0.227. The maximum absolute atomic E-state index is 12.0. The Kier molecular flexibility index (Phi) is 6.46. The van der Waals surface area contributed by atoms with Crippen LogP contribution in [0.1, 0.15) is 16.8 Å². The smallest absolute Gasteiger partial charge is 0.337 e. The van der Waals surface area contributed by atoms with E-state index in [-0.39, 0.29) is 12.3 Å². The maximum Gasteiger partial charge on any atom is 0.337 e. The Morgan fingerprint density at radius 3 is 2.62 bits per heavy atom. The SMILES string of the molecule is COC(=O)c1cccc(NCCC(=O)Nc2cccc(Cl)c2Cl)c1. The molecular weight excluding hydrogens is 351 g/mol. The molecule has 0 aliphatic carbocycles. The monoisotopic (exact) mass is 366 g/mol. The Hall–Kier alpha value is -2.24. The van der Waals surface area contributed by atoms with Gasteiger partial charge in [0.15, 0.2) is 0 Å². The van der Waals surface area contributed by atoms with Gasteiger partial charge < -0.3 is 15.4 Å². The van der Waals surface area contributed by atoms with E-state index in [0.29, 0.717) is 27.8 Å². The summed E-state index contributed by atoms with van der Waals surface area (Å²) in [5, 5.41) is 6.48. The van der Waals surface area contributed by atoms with Crippen molar-refractivity contribution in [1.82, 2.24) is 0 Å². The second-order valence-corrected chi connectivity index (χ2v) is 5.68. The molecule has 2 aromatic carbocycles. The molecule has 126 valence electrons. The summed E-state index contributed by atoms with van der Waals surface area (Å²) in [6, 6.07) is 11.9. The highest BCUT2D eigenvalue weighted by molar-refractivity contribution is 6.43. The summed E-state index contributed by atoms with van der Waals surface area (Å²) >= 11 is 11.9. The third-order valence-corrected chi connectivity index (χ3v) is 4.01.